The van der Waals surface area contributed by atoms with Crippen LogP contribution in [0.2, 0.25) is 0 Å². The number of halogens is 1. The van der Waals surface area contributed by atoms with Crippen LogP contribution in [0.5, 0.6) is 0 Å². The number of amides is 1. The first-order valence-corrected chi connectivity index (χ1v) is 10.3. The Balaban J connectivity index is 2.44. The van der Waals surface area contributed by atoms with Crippen molar-refractivity contribution in [2.45, 2.75) is 38.1 Å². The predicted molar refractivity (Wildman–Crippen MR) is 104 cm³/mol. The van der Waals surface area contributed by atoms with Crippen LogP contribution in [0.15, 0.2) is 46.0 Å². The predicted octanol–water partition coefficient (Wildman–Crippen LogP) is 3.58. The van der Waals surface area contributed by atoms with Crippen LogP contribution >= 0.6 is 15.9 Å². The van der Waals surface area contributed by atoms with E-state index in [0.717, 1.165) is 3.97 Å². The topological polar surface area (TPSA) is 112 Å². The lowest BCUT2D eigenvalue weighted by Gasteiger charge is -2.30. The highest BCUT2D eigenvalue weighted by Gasteiger charge is 2.28. The molecule has 0 saturated heterocycles. The molecular formula is C18H20BrN3O4S. The van der Waals surface area contributed by atoms with Crippen molar-refractivity contribution in [2.75, 3.05) is 0 Å². The summed E-state index contributed by atoms with van der Waals surface area (Å²) in [5.41, 5.74) is 0.340. The summed E-state index contributed by atoms with van der Waals surface area (Å²) in [4.78, 5) is 11.0. The molecule has 0 spiro atoms. The summed E-state index contributed by atoms with van der Waals surface area (Å²) in [6, 6.07) is 9.08. The van der Waals surface area contributed by atoms with Crippen LogP contribution in [0.25, 0.3) is 0 Å². The van der Waals surface area contributed by atoms with E-state index in [1.165, 1.54) is 18.3 Å². The summed E-state index contributed by atoms with van der Waals surface area (Å²) < 4.78 is 27.3. The van der Waals surface area contributed by atoms with Crippen molar-refractivity contribution in [3.63, 3.8) is 0 Å². The molecule has 0 fully saturated rings. The van der Waals surface area contributed by atoms with Crippen molar-refractivity contribution in [2.24, 2.45) is 5.41 Å². The van der Waals surface area contributed by atoms with Crippen molar-refractivity contribution >= 4 is 32.0 Å². The van der Waals surface area contributed by atoms with E-state index in [-0.39, 0.29) is 15.9 Å². The lowest BCUT2D eigenvalue weighted by Crippen LogP contribution is -2.44. The number of benzene rings is 1. The Labute approximate surface area is 166 Å². The van der Waals surface area contributed by atoms with Crippen molar-refractivity contribution in [1.29, 1.82) is 5.26 Å². The second kappa shape index (κ2) is 7.74. The molecule has 2 N–H and O–H groups in total. The Morgan fingerprint density at radius 1 is 1.37 bits per heavy atom. The number of nitrogens with one attached hydrogen (secondary N) is 1. The molecule has 0 aliphatic carbocycles. The van der Waals surface area contributed by atoms with Gasteiger partial charge in [-0.1, -0.05) is 32.9 Å². The molecule has 2 aromatic rings. The van der Waals surface area contributed by atoms with Gasteiger partial charge in [-0.25, -0.2) is 17.2 Å². The van der Waals surface area contributed by atoms with E-state index in [0.29, 0.717) is 16.6 Å². The second-order valence-electron chi connectivity index (χ2n) is 7.15. The Kier molecular flexibility index (Phi) is 6.02. The van der Waals surface area contributed by atoms with Gasteiger partial charge in [0.05, 0.1) is 5.56 Å². The van der Waals surface area contributed by atoms with Gasteiger partial charge in [-0.15, -0.1) is 0 Å². The van der Waals surface area contributed by atoms with Crippen molar-refractivity contribution in [3.8, 4) is 6.07 Å². The van der Waals surface area contributed by atoms with E-state index in [1.807, 2.05) is 26.8 Å². The van der Waals surface area contributed by atoms with Gasteiger partial charge in [-0.05, 0) is 51.5 Å². The van der Waals surface area contributed by atoms with Gasteiger partial charge in [-0.3, -0.25) is 0 Å². The molecule has 1 aromatic heterocycles. The van der Waals surface area contributed by atoms with Crippen LogP contribution in [0.4, 0.5) is 4.79 Å². The summed E-state index contributed by atoms with van der Waals surface area (Å²) in [5.74, 6) is 0. The molecule has 0 aliphatic rings. The van der Waals surface area contributed by atoms with Crippen LogP contribution in [-0.2, 0) is 16.4 Å². The Morgan fingerprint density at radius 2 is 2.00 bits per heavy atom. The summed E-state index contributed by atoms with van der Waals surface area (Å²) in [5, 5.41) is 20.8. The number of aromatic nitrogens is 1. The second-order valence-corrected chi connectivity index (χ2v) is 9.75. The molecule has 1 unspecified atom stereocenters. The maximum Gasteiger partial charge on any atom is 0.404 e. The van der Waals surface area contributed by atoms with Gasteiger partial charge < -0.3 is 10.4 Å². The average Bonchev–Trinajstić information content (AvgIpc) is 2.94. The number of nitriles is 1. The normalized spacial score (nSPS) is 13.0. The minimum absolute atomic E-state index is 0.0553. The van der Waals surface area contributed by atoms with Crippen molar-refractivity contribution in [1.82, 2.24) is 9.29 Å². The number of rotatable bonds is 5. The van der Waals surface area contributed by atoms with Gasteiger partial charge in [0.25, 0.3) is 10.0 Å². The molecule has 1 atom stereocenters. The SMILES string of the molecule is CC(C)(C)C(Cc1cc(Br)n(S(=O)(=O)c2ccccc2C#N)c1)NC(=O)O. The number of nitrogens with zero attached hydrogens (tertiary/aromatic N) is 2. The number of hydrogen-bond acceptors (Lipinski definition) is 4. The molecule has 0 saturated carbocycles. The summed E-state index contributed by atoms with van der Waals surface area (Å²) >= 11 is 3.25. The molecule has 0 bridgehead atoms. The van der Waals surface area contributed by atoms with Crippen LogP contribution in [0.1, 0.15) is 31.9 Å². The first-order chi connectivity index (χ1) is 12.5. The van der Waals surface area contributed by atoms with Crippen LogP contribution in [-0.4, -0.2) is 29.6 Å². The lowest BCUT2D eigenvalue weighted by molar-refractivity contribution is 0.174. The zero-order valence-electron chi connectivity index (χ0n) is 15.1. The summed E-state index contributed by atoms with van der Waals surface area (Å²) in [6.45, 7) is 5.71. The minimum Gasteiger partial charge on any atom is -0.465 e. The fourth-order valence-corrected chi connectivity index (χ4v) is 4.99. The quantitative estimate of drug-likeness (QED) is 0.717. The maximum atomic E-state index is 13.0. The third-order valence-electron chi connectivity index (χ3n) is 4.13. The number of carboxylic acid groups (broad SMARTS) is 1. The van der Waals surface area contributed by atoms with Crippen molar-refractivity contribution < 1.29 is 18.3 Å². The van der Waals surface area contributed by atoms with Crippen LogP contribution in [0, 0.1) is 16.7 Å². The maximum absolute atomic E-state index is 13.0. The zero-order chi connectivity index (χ0) is 20.4. The fraction of sp³-hybridized carbons (Fsp3) is 0.333. The number of hydrogen-bond donors (Lipinski definition) is 2. The Morgan fingerprint density at radius 3 is 2.56 bits per heavy atom. The molecule has 2 rings (SSSR count). The van der Waals surface area contributed by atoms with Gasteiger partial charge in [0.15, 0.2) is 0 Å². The Hall–Kier alpha value is -2.31. The van der Waals surface area contributed by atoms with E-state index < -0.39 is 22.2 Å². The molecule has 9 heteroatoms. The molecule has 7 nitrogen and oxygen atoms in total. The number of carbonyl (C=O) groups is 1. The average molecular weight is 454 g/mol. The smallest absolute Gasteiger partial charge is 0.404 e. The highest BCUT2D eigenvalue weighted by Crippen LogP contribution is 2.28. The standard InChI is InChI=1S/C18H20BrN3O4S/c1-18(2,3)15(21-17(23)24)8-12-9-16(19)22(11-12)27(25,26)14-7-5-4-6-13(14)10-20/h4-7,9,11,15,21H,8H2,1-3H3,(H,23,24). The van der Waals surface area contributed by atoms with Crippen LogP contribution in [0.3, 0.4) is 0 Å². The van der Waals surface area contributed by atoms with E-state index in [4.69, 9.17) is 5.11 Å². The van der Waals surface area contributed by atoms with Gasteiger partial charge in [-0.2, -0.15) is 5.26 Å². The largest absolute Gasteiger partial charge is 0.465 e. The van der Waals surface area contributed by atoms with Gasteiger partial charge in [0, 0.05) is 12.2 Å². The monoisotopic (exact) mass is 453 g/mol. The van der Waals surface area contributed by atoms with E-state index in [1.54, 1.807) is 18.2 Å². The highest BCUT2D eigenvalue weighted by atomic mass is 79.9. The van der Waals surface area contributed by atoms with E-state index >= 15 is 0 Å². The lowest BCUT2D eigenvalue weighted by atomic mass is 9.83. The first-order valence-electron chi connectivity index (χ1n) is 8.07. The molecule has 0 aliphatic heterocycles. The van der Waals surface area contributed by atoms with Gasteiger partial charge in [0.1, 0.15) is 15.6 Å². The third-order valence-corrected chi connectivity index (χ3v) is 6.70. The molecule has 1 heterocycles. The molecule has 0 radical (unpaired) electrons. The van der Waals surface area contributed by atoms with E-state index in [9.17, 15) is 18.5 Å². The summed E-state index contributed by atoms with van der Waals surface area (Å²) in [7, 11) is -3.98. The third kappa shape index (κ3) is 4.70. The molecular weight excluding hydrogens is 434 g/mol. The molecule has 27 heavy (non-hydrogen) atoms. The fourth-order valence-electron chi connectivity index (χ4n) is 2.61. The molecule has 1 amide bonds. The van der Waals surface area contributed by atoms with Crippen molar-refractivity contribution in [3.05, 3.63) is 52.3 Å². The van der Waals surface area contributed by atoms with Gasteiger partial charge >= 0.3 is 6.09 Å². The molecule has 144 valence electrons. The minimum atomic E-state index is -3.98. The zero-order valence-corrected chi connectivity index (χ0v) is 17.5. The molecule has 1 aromatic carbocycles. The highest BCUT2D eigenvalue weighted by molar-refractivity contribution is 9.10. The van der Waals surface area contributed by atoms with Crippen LogP contribution < -0.4 is 5.32 Å². The van der Waals surface area contributed by atoms with Gasteiger partial charge in [0.2, 0.25) is 0 Å². The summed E-state index contributed by atoms with van der Waals surface area (Å²) in [6.07, 6.45) is 0.621. The van der Waals surface area contributed by atoms with E-state index in [2.05, 4.69) is 21.2 Å². The first kappa shape index (κ1) is 21.0. The Bertz CT molecular complexity index is 1000.